The zero-order valence-electron chi connectivity index (χ0n) is 15.0. The first-order valence-electron chi connectivity index (χ1n) is 8.54. The number of rotatable bonds is 6. The molecule has 1 aliphatic rings. The van der Waals surface area contributed by atoms with Gasteiger partial charge in [0.1, 0.15) is 11.8 Å². The molecule has 1 atom stereocenters. The van der Waals surface area contributed by atoms with Gasteiger partial charge in [0.15, 0.2) is 0 Å². The second-order valence-corrected chi connectivity index (χ2v) is 6.98. The Bertz CT molecular complexity index is 562. The van der Waals surface area contributed by atoms with Crippen LogP contribution in [0, 0.1) is 12.8 Å². The molecule has 2 amide bonds. The van der Waals surface area contributed by atoms with Gasteiger partial charge in [-0.15, -0.1) is 0 Å². The van der Waals surface area contributed by atoms with E-state index in [2.05, 4.69) is 36.3 Å². The van der Waals surface area contributed by atoms with E-state index in [0.717, 1.165) is 13.1 Å². The number of nitrogens with one attached hydrogen (secondary N) is 1. The fraction of sp³-hybridized carbons (Fsp3) is 0.706. The zero-order chi connectivity index (χ0) is 17.7. The highest BCUT2D eigenvalue weighted by atomic mass is 16.5. The fourth-order valence-electron chi connectivity index (χ4n) is 2.85. The molecule has 0 spiro atoms. The molecule has 1 saturated heterocycles. The Balaban J connectivity index is 1.96. The number of likely N-dealkylation sites (N-methyl/N-ethyl adjacent to an activating group) is 1. The second-order valence-electron chi connectivity index (χ2n) is 6.98. The van der Waals surface area contributed by atoms with E-state index in [1.165, 1.54) is 0 Å². The Labute approximate surface area is 143 Å². The molecule has 1 unspecified atom stereocenters. The molecule has 7 nitrogen and oxygen atoms in total. The van der Waals surface area contributed by atoms with Gasteiger partial charge >= 0.3 is 0 Å². The van der Waals surface area contributed by atoms with Crippen LogP contribution in [0.4, 0.5) is 0 Å². The highest BCUT2D eigenvalue weighted by Crippen LogP contribution is 2.11. The van der Waals surface area contributed by atoms with Crippen molar-refractivity contribution in [2.75, 3.05) is 33.2 Å². The first kappa shape index (κ1) is 18.4. The number of aryl methyl sites for hydroxylation is 1. The van der Waals surface area contributed by atoms with Crippen LogP contribution in [0.3, 0.4) is 0 Å². The largest absolute Gasteiger partial charge is 0.361 e. The van der Waals surface area contributed by atoms with Gasteiger partial charge in [0.2, 0.25) is 11.8 Å². The van der Waals surface area contributed by atoms with Crippen molar-refractivity contribution in [1.29, 1.82) is 0 Å². The van der Waals surface area contributed by atoms with E-state index in [-0.39, 0.29) is 18.2 Å². The van der Waals surface area contributed by atoms with Crippen LogP contribution in [0.25, 0.3) is 0 Å². The molecule has 2 rings (SSSR count). The highest BCUT2D eigenvalue weighted by molar-refractivity contribution is 5.88. The number of carbonyl (C=O) groups is 2. The first-order valence-corrected chi connectivity index (χ1v) is 8.54. The lowest BCUT2D eigenvalue weighted by atomic mass is 10.0. The molecule has 0 aliphatic carbocycles. The summed E-state index contributed by atoms with van der Waals surface area (Å²) in [5, 5.41) is 6.72. The van der Waals surface area contributed by atoms with Crippen LogP contribution in [-0.4, -0.2) is 66.0 Å². The SMILES string of the molecule is Cc1cc(CC(=O)NC(CC(C)C)C(=O)N2CCN(C)CC2)no1. The molecule has 0 bridgehead atoms. The maximum Gasteiger partial charge on any atom is 0.245 e. The van der Waals surface area contributed by atoms with Gasteiger partial charge in [-0.05, 0) is 26.3 Å². The van der Waals surface area contributed by atoms with Crippen molar-refractivity contribution in [3.05, 3.63) is 17.5 Å². The minimum atomic E-state index is -0.478. The van der Waals surface area contributed by atoms with Gasteiger partial charge in [0.05, 0.1) is 12.1 Å². The topological polar surface area (TPSA) is 78.7 Å². The van der Waals surface area contributed by atoms with Gasteiger partial charge in [0, 0.05) is 32.2 Å². The van der Waals surface area contributed by atoms with E-state index >= 15 is 0 Å². The monoisotopic (exact) mass is 336 g/mol. The Morgan fingerprint density at radius 1 is 1.29 bits per heavy atom. The smallest absolute Gasteiger partial charge is 0.245 e. The average molecular weight is 336 g/mol. The Morgan fingerprint density at radius 3 is 2.50 bits per heavy atom. The predicted molar refractivity (Wildman–Crippen MR) is 90.4 cm³/mol. The number of amides is 2. The fourth-order valence-corrected chi connectivity index (χ4v) is 2.85. The first-order chi connectivity index (χ1) is 11.3. The minimum Gasteiger partial charge on any atom is -0.361 e. The number of aromatic nitrogens is 1. The third-order valence-corrected chi connectivity index (χ3v) is 4.17. The van der Waals surface area contributed by atoms with Crippen molar-refractivity contribution < 1.29 is 14.1 Å². The molecule has 0 saturated carbocycles. The number of nitrogens with zero attached hydrogens (tertiary/aromatic N) is 3. The maximum atomic E-state index is 12.8. The molecule has 0 radical (unpaired) electrons. The highest BCUT2D eigenvalue weighted by Gasteiger charge is 2.28. The molecule has 0 aromatic carbocycles. The van der Waals surface area contributed by atoms with Crippen LogP contribution < -0.4 is 5.32 Å². The molecule has 24 heavy (non-hydrogen) atoms. The number of piperazine rings is 1. The summed E-state index contributed by atoms with van der Waals surface area (Å²) in [5.41, 5.74) is 0.584. The molecular weight excluding hydrogens is 308 g/mol. The third-order valence-electron chi connectivity index (χ3n) is 4.17. The summed E-state index contributed by atoms with van der Waals surface area (Å²) >= 11 is 0. The van der Waals surface area contributed by atoms with Gasteiger partial charge in [-0.1, -0.05) is 19.0 Å². The van der Waals surface area contributed by atoms with E-state index < -0.39 is 6.04 Å². The normalized spacial score (nSPS) is 17.1. The lowest BCUT2D eigenvalue weighted by molar-refractivity contribution is -0.138. The summed E-state index contributed by atoms with van der Waals surface area (Å²) in [6.07, 6.45) is 0.761. The molecule has 1 aliphatic heterocycles. The van der Waals surface area contributed by atoms with Crippen molar-refractivity contribution in [2.45, 2.75) is 39.7 Å². The lowest BCUT2D eigenvalue weighted by Crippen LogP contribution is -2.54. The van der Waals surface area contributed by atoms with Crippen LogP contribution in [0.2, 0.25) is 0 Å². The molecular formula is C17H28N4O3. The minimum absolute atomic E-state index is 0.0153. The summed E-state index contributed by atoms with van der Waals surface area (Å²) in [6, 6.07) is 1.26. The summed E-state index contributed by atoms with van der Waals surface area (Å²) < 4.78 is 4.98. The van der Waals surface area contributed by atoms with E-state index in [1.54, 1.807) is 13.0 Å². The average Bonchev–Trinajstić information content (AvgIpc) is 2.91. The molecule has 134 valence electrons. The van der Waals surface area contributed by atoms with Crippen molar-refractivity contribution >= 4 is 11.8 Å². The summed E-state index contributed by atoms with van der Waals surface area (Å²) in [7, 11) is 2.05. The van der Waals surface area contributed by atoms with Gasteiger partial charge in [0.25, 0.3) is 0 Å². The number of hydrogen-bond donors (Lipinski definition) is 1. The van der Waals surface area contributed by atoms with Crippen molar-refractivity contribution in [3.63, 3.8) is 0 Å². The molecule has 1 aromatic heterocycles. The van der Waals surface area contributed by atoms with Crippen molar-refractivity contribution in [3.8, 4) is 0 Å². The molecule has 1 N–H and O–H groups in total. The van der Waals surface area contributed by atoms with Crippen LogP contribution in [0.1, 0.15) is 31.7 Å². The molecule has 1 aromatic rings. The second kappa shape index (κ2) is 8.28. The van der Waals surface area contributed by atoms with Crippen LogP contribution in [0.5, 0.6) is 0 Å². The maximum absolute atomic E-state index is 12.8. The van der Waals surface area contributed by atoms with E-state index in [1.807, 2.05) is 4.90 Å². The zero-order valence-corrected chi connectivity index (χ0v) is 15.0. The quantitative estimate of drug-likeness (QED) is 0.832. The Hall–Kier alpha value is -1.89. The number of hydrogen-bond acceptors (Lipinski definition) is 5. The van der Waals surface area contributed by atoms with Crippen molar-refractivity contribution in [2.24, 2.45) is 5.92 Å². The lowest BCUT2D eigenvalue weighted by Gasteiger charge is -2.35. The van der Waals surface area contributed by atoms with Crippen molar-refractivity contribution in [1.82, 2.24) is 20.3 Å². The third kappa shape index (κ3) is 5.33. The standard InChI is InChI=1S/C17H28N4O3/c1-12(2)9-15(17(23)21-7-5-20(4)6-8-21)18-16(22)11-14-10-13(3)24-19-14/h10,12,15H,5-9,11H2,1-4H3,(H,18,22). The summed E-state index contributed by atoms with van der Waals surface area (Å²) in [6.45, 7) is 9.05. The van der Waals surface area contributed by atoms with Gasteiger partial charge in [-0.25, -0.2) is 0 Å². The van der Waals surface area contributed by atoms with Crippen LogP contribution in [-0.2, 0) is 16.0 Å². The summed E-state index contributed by atoms with van der Waals surface area (Å²) in [5.74, 6) is 0.809. The summed E-state index contributed by atoms with van der Waals surface area (Å²) in [4.78, 5) is 29.1. The van der Waals surface area contributed by atoms with E-state index in [4.69, 9.17) is 4.52 Å². The Morgan fingerprint density at radius 2 is 1.96 bits per heavy atom. The molecule has 1 fully saturated rings. The van der Waals surface area contributed by atoms with Gasteiger partial charge < -0.3 is 19.6 Å². The molecule has 7 heteroatoms. The van der Waals surface area contributed by atoms with Crippen LogP contribution in [0.15, 0.2) is 10.6 Å². The van der Waals surface area contributed by atoms with E-state index in [9.17, 15) is 9.59 Å². The predicted octanol–water partition coefficient (Wildman–Crippen LogP) is 0.830. The molecule has 2 heterocycles. The van der Waals surface area contributed by atoms with Crippen LogP contribution >= 0.6 is 0 Å². The van der Waals surface area contributed by atoms with Gasteiger partial charge in [-0.2, -0.15) is 0 Å². The number of carbonyl (C=O) groups excluding carboxylic acids is 2. The Kier molecular flexibility index (Phi) is 6.36. The van der Waals surface area contributed by atoms with E-state index in [0.29, 0.717) is 36.9 Å². The van der Waals surface area contributed by atoms with Gasteiger partial charge in [-0.3, -0.25) is 9.59 Å².